The number of likely N-dealkylation sites (N-methyl/N-ethyl adjacent to an activating group) is 1. The first kappa shape index (κ1) is 14.5. The number of anilines is 1. The molecule has 2 aromatic rings. The molecule has 114 valence electrons. The molecular formula is C14H20N4O2S. The van der Waals surface area contributed by atoms with Crippen molar-refractivity contribution in [3.05, 3.63) is 16.3 Å². The highest BCUT2D eigenvalue weighted by atomic mass is 32.1. The fraction of sp³-hybridized carbons (Fsp3) is 0.571. The summed E-state index contributed by atoms with van der Waals surface area (Å²) in [7, 11) is 0. The van der Waals surface area contributed by atoms with Crippen LogP contribution in [0.1, 0.15) is 29.3 Å². The van der Waals surface area contributed by atoms with Gasteiger partial charge in [0.25, 0.3) is 5.89 Å². The monoisotopic (exact) mass is 308 g/mol. The molecule has 0 aliphatic carbocycles. The quantitative estimate of drug-likeness (QED) is 0.938. The Bertz CT molecular complexity index is 637. The maximum absolute atomic E-state index is 6.06. The highest BCUT2D eigenvalue weighted by Crippen LogP contribution is 2.37. The fourth-order valence-corrected chi connectivity index (χ4v) is 3.46. The Morgan fingerprint density at radius 1 is 1.43 bits per heavy atom. The molecule has 1 aliphatic rings. The third kappa shape index (κ3) is 2.68. The van der Waals surface area contributed by atoms with Gasteiger partial charge in [-0.25, -0.2) is 0 Å². The van der Waals surface area contributed by atoms with E-state index in [1.54, 1.807) is 11.3 Å². The van der Waals surface area contributed by atoms with Crippen LogP contribution in [0.25, 0.3) is 11.5 Å². The van der Waals surface area contributed by atoms with E-state index in [0.717, 1.165) is 35.8 Å². The fourth-order valence-electron chi connectivity index (χ4n) is 2.53. The number of nitrogens with two attached hydrogens (primary N) is 1. The molecule has 1 fully saturated rings. The Kier molecular flexibility index (Phi) is 3.97. The molecule has 0 amide bonds. The minimum atomic E-state index is -0.127. The number of ether oxygens (including phenoxy) is 1. The number of rotatable bonds is 3. The van der Waals surface area contributed by atoms with E-state index in [2.05, 4.69) is 22.0 Å². The van der Waals surface area contributed by atoms with E-state index in [4.69, 9.17) is 15.0 Å². The molecule has 0 spiro atoms. The lowest BCUT2D eigenvalue weighted by Gasteiger charge is -2.30. The van der Waals surface area contributed by atoms with Crippen LogP contribution < -0.4 is 5.73 Å². The lowest BCUT2D eigenvalue weighted by atomic mass is 10.1. The molecule has 2 aromatic heterocycles. The molecule has 1 saturated heterocycles. The Labute approximate surface area is 127 Å². The summed E-state index contributed by atoms with van der Waals surface area (Å²) < 4.78 is 11.2. The third-order valence-electron chi connectivity index (χ3n) is 3.95. The van der Waals surface area contributed by atoms with E-state index in [9.17, 15) is 0 Å². The standard InChI is InChI=1S/C14H20N4O2S/c1-4-18-5-6-19-10(7-18)13-16-14(20-17-13)11-8(2)9(3)21-12(11)15/h10H,4-7,15H2,1-3H3. The zero-order valence-electron chi connectivity index (χ0n) is 12.5. The van der Waals surface area contributed by atoms with Crippen LogP contribution in [0.2, 0.25) is 0 Å². The van der Waals surface area contributed by atoms with Crippen LogP contribution in [0.4, 0.5) is 5.00 Å². The summed E-state index contributed by atoms with van der Waals surface area (Å²) in [4.78, 5) is 8.00. The number of hydrogen-bond donors (Lipinski definition) is 1. The van der Waals surface area contributed by atoms with Crippen molar-refractivity contribution >= 4 is 16.3 Å². The summed E-state index contributed by atoms with van der Waals surface area (Å²) in [6.07, 6.45) is -0.127. The summed E-state index contributed by atoms with van der Waals surface area (Å²) in [5.41, 5.74) is 8.02. The molecule has 7 heteroatoms. The number of hydrogen-bond acceptors (Lipinski definition) is 7. The number of aryl methyl sites for hydroxylation is 1. The number of nitrogen functional groups attached to an aromatic ring is 1. The summed E-state index contributed by atoms with van der Waals surface area (Å²) >= 11 is 1.55. The summed E-state index contributed by atoms with van der Waals surface area (Å²) in [6, 6.07) is 0. The molecule has 1 unspecified atom stereocenters. The number of morpholine rings is 1. The highest BCUT2D eigenvalue weighted by Gasteiger charge is 2.27. The Morgan fingerprint density at radius 3 is 2.90 bits per heavy atom. The van der Waals surface area contributed by atoms with E-state index < -0.39 is 0 Å². The van der Waals surface area contributed by atoms with Crippen LogP contribution in [0.5, 0.6) is 0 Å². The van der Waals surface area contributed by atoms with Crippen LogP contribution in [0.3, 0.4) is 0 Å². The lowest BCUT2D eigenvalue weighted by Crippen LogP contribution is -2.38. The molecule has 3 rings (SSSR count). The van der Waals surface area contributed by atoms with Crippen LogP contribution in [0.15, 0.2) is 4.52 Å². The van der Waals surface area contributed by atoms with Crippen LogP contribution in [0, 0.1) is 13.8 Å². The first-order valence-electron chi connectivity index (χ1n) is 7.13. The second kappa shape index (κ2) is 5.75. The first-order chi connectivity index (χ1) is 10.1. The van der Waals surface area contributed by atoms with Crippen molar-refractivity contribution < 1.29 is 9.26 Å². The highest BCUT2D eigenvalue weighted by molar-refractivity contribution is 7.16. The second-order valence-corrected chi connectivity index (χ2v) is 6.49. The molecule has 6 nitrogen and oxygen atoms in total. The summed E-state index contributed by atoms with van der Waals surface area (Å²) in [5.74, 6) is 1.09. The maximum atomic E-state index is 6.06. The average molecular weight is 308 g/mol. The van der Waals surface area contributed by atoms with Gasteiger partial charge in [-0.1, -0.05) is 12.1 Å². The molecule has 2 N–H and O–H groups in total. The lowest BCUT2D eigenvalue weighted by molar-refractivity contribution is -0.0334. The first-order valence-corrected chi connectivity index (χ1v) is 7.95. The van der Waals surface area contributed by atoms with Crippen LogP contribution in [-0.2, 0) is 4.74 Å². The maximum Gasteiger partial charge on any atom is 0.261 e. The van der Waals surface area contributed by atoms with Gasteiger partial charge in [0, 0.05) is 18.0 Å². The van der Waals surface area contributed by atoms with E-state index in [1.807, 2.05) is 13.8 Å². The number of thiophene rings is 1. The van der Waals surface area contributed by atoms with E-state index in [1.165, 1.54) is 4.88 Å². The molecule has 1 atom stereocenters. The molecular weight excluding hydrogens is 288 g/mol. The van der Waals surface area contributed by atoms with Gasteiger partial charge in [0.2, 0.25) is 5.82 Å². The minimum Gasteiger partial charge on any atom is -0.390 e. The van der Waals surface area contributed by atoms with Gasteiger partial charge >= 0.3 is 0 Å². The van der Waals surface area contributed by atoms with Gasteiger partial charge in [-0.3, -0.25) is 4.90 Å². The zero-order chi connectivity index (χ0) is 15.0. The van der Waals surface area contributed by atoms with E-state index in [0.29, 0.717) is 18.3 Å². The van der Waals surface area contributed by atoms with Gasteiger partial charge < -0.3 is 15.0 Å². The predicted octanol–water partition coefficient (Wildman–Crippen LogP) is 2.39. The van der Waals surface area contributed by atoms with Crippen LogP contribution >= 0.6 is 11.3 Å². The van der Waals surface area contributed by atoms with E-state index in [-0.39, 0.29) is 6.10 Å². The summed E-state index contributed by atoms with van der Waals surface area (Å²) in [5, 5.41) is 4.81. The van der Waals surface area contributed by atoms with Gasteiger partial charge in [-0.2, -0.15) is 4.98 Å². The number of nitrogens with zero attached hydrogens (tertiary/aromatic N) is 3. The van der Waals surface area contributed by atoms with Crippen molar-refractivity contribution in [2.24, 2.45) is 0 Å². The van der Waals surface area contributed by atoms with Crippen molar-refractivity contribution in [1.29, 1.82) is 0 Å². The third-order valence-corrected chi connectivity index (χ3v) is 4.99. The molecule has 3 heterocycles. The van der Waals surface area contributed by atoms with Crippen molar-refractivity contribution in [3.8, 4) is 11.5 Å². The molecule has 21 heavy (non-hydrogen) atoms. The zero-order valence-corrected chi connectivity index (χ0v) is 13.4. The van der Waals surface area contributed by atoms with Crippen molar-refractivity contribution in [3.63, 3.8) is 0 Å². The molecule has 0 saturated carbocycles. The van der Waals surface area contributed by atoms with Gasteiger partial charge in [-0.05, 0) is 26.0 Å². The second-order valence-electron chi connectivity index (χ2n) is 5.23. The SMILES string of the molecule is CCN1CCOC(c2noc(-c3c(N)sc(C)c3C)n2)C1. The van der Waals surface area contributed by atoms with Crippen molar-refractivity contribution in [2.75, 3.05) is 32.0 Å². The van der Waals surface area contributed by atoms with E-state index >= 15 is 0 Å². The van der Waals surface area contributed by atoms with Gasteiger partial charge in [-0.15, -0.1) is 11.3 Å². The summed E-state index contributed by atoms with van der Waals surface area (Å²) in [6.45, 7) is 9.65. The largest absolute Gasteiger partial charge is 0.390 e. The predicted molar refractivity (Wildman–Crippen MR) is 82.3 cm³/mol. The molecule has 1 aliphatic heterocycles. The molecule has 0 aromatic carbocycles. The Hall–Kier alpha value is -1.44. The number of aromatic nitrogens is 2. The molecule has 0 bridgehead atoms. The van der Waals surface area contributed by atoms with Gasteiger partial charge in [0.1, 0.15) is 6.10 Å². The Morgan fingerprint density at radius 2 is 2.24 bits per heavy atom. The smallest absolute Gasteiger partial charge is 0.261 e. The van der Waals surface area contributed by atoms with Crippen molar-refractivity contribution in [2.45, 2.75) is 26.9 Å². The topological polar surface area (TPSA) is 77.4 Å². The average Bonchev–Trinajstić information content (AvgIpc) is 3.05. The normalized spacial score (nSPS) is 20.0. The van der Waals surface area contributed by atoms with Gasteiger partial charge in [0.05, 0.1) is 17.2 Å². The minimum absolute atomic E-state index is 0.127. The Balaban J connectivity index is 1.86. The van der Waals surface area contributed by atoms with Crippen molar-refractivity contribution in [1.82, 2.24) is 15.0 Å². The van der Waals surface area contributed by atoms with Gasteiger partial charge in [0.15, 0.2) is 0 Å². The molecule has 0 radical (unpaired) electrons. The van der Waals surface area contributed by atoms with Crippen LogP contribution in [-0.4, -0.2) is 41.3 Å².